The van der Waals surface area contributed by atoms with Gasteiger partial charge in [0.1, 0.15) is 0 Å². The van der Waals surface area contributed by atoms with Crippen LogP contribution in [0.25, 0.3) is 0 Å². The molecule has 2 aromatic carbocycles. The molecule has 0 saturated heterocycles. The molecule has 3 rings (SSSR count). The van der Waals surface area contributed by atoms with E-state index in [1.807, 2.05) is 12.1 Å². The first-order valence-electron chi connectivity index (χ1n) is 10.3. The van der Waals surface area contributed by atoms with E-state index in [0.29, 0.717) is 12.2 Å². The lowest BCUT2D eigenvalue weighted by molar-refractivity contribution is -0.0120. The quantitative estimate of drug-likeness (QED) is 0.491. The second kappa shape index (κ2) is 8.43. The molecule has 3 nitrogen and oxygen atoms in total. The Labute approximate surface area is 174 Å². The van der Waals surface area contributed by atoms with Crippen molar-refractivity contribution >= 4 is 5.97 Å². The van der Waals surface area contributed by atoms with Crippen LogP contribution in [0.15, 0.2) is 42.5 Å². The van der Waals surface area contributed by atoms with Crippen LogP contribution in [0.5, 0.6) is 0 Å². The molecule has 152 valence electrons. The Bertz CT molecular complexity index is 933. The summed E-state index contributed by atoms with van der Waals surface area (Å²) in [6.45, 7) is 11.7. The highest BCUT2D eigenvalue weighted by Gasteiger charge is 2.47. The first-order chi connectivity index (χ1) is 13.7. The van der Waals surface area contributed by atoms with E-state index in [1.165, 1.54) is 11.1 Å². The van der Waals surface area contributed by atoms with Crippen molar-refractivity contribution in [1.82, 2.24) is 0 Å². The Morgan fingerprint density at radius 2 is 1.66 bits per heavy atom. The monoisotopic (exact) mass is 390 g/mol. The van der Waals surface area contributed by atoms with E-state index in [9.17, 15) is 4.79 Å². The Balaban J connectivity index is 1.71. The highest BCUT2D eigenvalue weighted by molar-refractivity contribution is 5.89. The predicted molar refractivity (Wildman–Crippen MR) is 116 cm³/mol. The lowest BCUT2D eigenvalue weighted by Gasteiger charge is -2.25. The molecule has 2 aromatic rings. The van der Waals surface area contributed by atoms with E-state index in [-0.39, 0.29) is 17.0 Å². The molecule has 0 atom stereocenters. The molecule has 29 heavy (non-hydrogen) atoms. The maximum Gasteiger partial charge on any atom is 0.338 e. The van der Waals surface area contributed by atoms with Gasteiger partial charge in [-0.25, -0.2) is 4.79 Å². The summed E-state index contributed by atoms with van der Waals surface area (Å²) < 4.78 is 11.3. The van der Waals surface area contributed by atoms with Crippen molar-refractivity contribution in [3.8, 4) is 11.8 Å². The number of hydrogen-bond donors (Lipinski definition) is 0. The molecule has 3 heteroatoms. The minimum Gasteiger partial charge on any atom is -0.462 e. The van der Waals surface area contributed by atoms with Gasteiger partial charge in [-0.3, -0.25) is 0 Å². The van der Waals surface area contributed by atoms with Crippen LogP contribution in [0.2, 0.25) is 0 Å². The Hall–Kier alpha value is -2.57. The Kier molecular flexibility index (Phi) is 6.15. The number of carbonyl (C=O) groups is 1. The molecule has 0 bridgehead atoms. The van der Waals surface area contributed by atoms with Gasteiger partial charge in [0.15, 0.2) is 0 Å². The number of benzene rings is 2. The molecular formula is C26H30O3. The molecule has 0 unspecified atom stereocenters. The summed E-state index contributed by atoms with van der Waals surface area (Å²) in [4.78, 5) is 11.7. The number of aryl methyl sites for hydroxylation is 1. The Morgan fingerprint density at radius 1 is 1.03 bits per heavy atom. The van der Waals surface area contributed by atoms with Crippen LogP contribution in [0.4, 0.5) is 0 Å². The summed E-state index contributed by atoms with van der Waals surface area (Å²) in [6, 6.07) is 13.6. The van der Waals surface area contributed by atoms with Crippen molar-refractivity contribution in [2.75, 3.05) is 13.2 Å². The van der Waals surface area contributed by atoms with Gasteiger partial charge in [0, 0.05) is 11.1 Å². The van der Waals surface area contributed by atoms with E-state index < -0.39 is 0 Å². The molecule has 1 aliphatic carbocycles. The number of rotatable bonds is 5. The van der Waals surface area contributed by atoms with Crippen molar-refractivity contribution in [2.45, 2.75) is 53.1 Å². The molecule has 0 N–H and O–H groups in total. The summed E-state index contributed by atoms with van der Waals surface area (Å²) in [5.74, 6) is 6.09. The molecular weight excluding hydrogens is 360 g/mol. The van der Waals surface area contributed by atoms with E-state index in [0.717, 1.165) is 30.6 Å². The fourth-order valence-electron chi connectivity index (χ4n) is 3.26. The zero-order valence-electron chi connectivity index (χ0n) is 18.1. The maximum atomic E-state index is 11.7. The molecule has 0 heterocycles. The fraction of sp³-hybridized carbons (Fsp3) is 0.423. The minimum absolute atomic E-state index is 0.105. The third kappa shape index (κ3) is 5.49. The topological polar surface area (TPSA) is 35.5 Å². The second-order valence-electron chi connectivity index (χ2n) is 8.92. The van der Waals surface area contributed by atoms with Crippen molar-refractivity contribution in [2.24, 2.45) is 5.41 Å². The van der Waals surface area contributed by atoms with Crippen LogP contribution in [0.1, 0.15) is 73.1 Å². The molecule has 0 aromatic heterocycles. The average molecular weight is 391 g/mol. The molecule has 1 fully saturated rings. The van der Waals surface area contributed by atoms with Gasteiger partial charge in [-0.05, 0) is 79.6 Å². The van der Waals surface area contributed by atoms with Crippen molar-refractivity contribution in [3.63, 3.8) is 0 Å². The van der Waals surface area contributed by atoms with Crippen molar-refractivity contribution < 1.29 is 14.3 Å². The number of hydrogen-bond acceptors (Lipinski definition) is 3. The van der Waals surface area contributed by atoms with Gasteiger partial charge >= 0.3 is 5.97 Å². The van der Waals surface area contributed by atoms with Gasteiger partial charge in [-0.15, -0.1) is 0 Å². The normalized spacial score (nSPS) is 14.7. The third-order valence-electron chi connectivity index (χ3n) is 4.95. The van der Waals surface area contributed by atoms with Gasteiger partial charge in [-0.2, -0.15) is 0 Å². The summed E-state index contributed by atoms with van der Waals surface area (Å²) >= 11 is 0. The Morgan fingerprint density at radius 3 is 2.21 bits per heavy atom. The summed E-state index contributed by atoms with van der Waals surface area (Å²) in [6.07, 6.45) is 2.17. The van der Waals surface area contributed by atoms with Gasteiger partial charge < -0.3 is 9.47 Å². The van der Waals surface area contributed by atoms with Crippen molar-refractivity contribution in [3.05, 3.63) is 70.3 Å². The van der Waals surface area contributed by atoms with Gasteiger partial charge in [0.05, 0.1) is 24.4 Å². The van der Waals surface area contributed by atoms with E-state index >= 15 is 0 Å². The van der Waals surface area contributed by atoms with Crippen LogP contribution < -0.4 is 0 Å². The highest BCUT2D eigenvalue weighted by Crippen LogP contribution is 2.51. The smallest absolute Gasteiger partial charge is 0.338 e. The largest absolute Gasteiger partial charge is 0.462 e. The highest BCUT2D eigenvalue weighted by atomic mass is 16.5. The summed E-state index contributed by atoms with van der Waals surface area (Å²) in [5, 5.41) is 0. The molecule has 0 aliphatic heterocycles. The number of esters is 1. The summed E-state index contributed by atoms with van der Waals surface area (Å²) in [5.41, 5.74) is 4.96. The predicted octanol–water partition coefficient (Wildman–Crippen LogP) is 5.62. The summed E-state index contributed by atoms with van der Waals surface area (Å²) in [7, 11) is 0. The lowest BCUT2D eigenvalue weighted by atomic mass is 9.96. The van der Waals surface area contributed by atoms with Crippen molar-refractivity contribution in [1.29, 1.82) is 0 Å². The molecule has 1 aliphatic rings. The maximum absolute atomic E-state index is 11.7. The third-order valence-corrected chi connectivity index (χ3v) is 4.95. The fourth-order valence-corrected chi connectivity index (χ4v) is 3.26. The van der Waals surface area contributed by atoms with Crippen LogP contribution >= 0.6 is 0 Å². The van der Waals surface area contributed by atoms with E-state index in [4.69, 9.17) is 9.47 Å². The van der Waals surface area contributed by atoms with Crippen LogP contribution in [0.3, 0.4) is 0 Å². The zero-order valence-corrected chi connectivity index (χ0v) is 18.1. The minimum atomic E-state index is -0.305. The van der Waals surface area contributed by atoms with Crippen LogP contribution in [-0.2, 0) is 15.1 Å². The van der Waals surface area contributed by atoms with E-state index in [1.54, 1.807) is 19.1 Å². The van der Waals surface area contributed by atoms with Crippen LogP contribution in [-0.4, -0.2) is 19.2 Å². The number of carbonyl (C=O) groups excluding carboxylic acids is 1. The number of ether oxygens (including phenoxy) is 2. The van der Waals surface area contributed by atoms with Gasteiger partial charge in [-0.1, -0.05) is 38.7 Å². The molecule has 0 spiro atoms. The van der Waals surface area contributed by atoms with Crippen LogP contribution in [0, 0.1) is 24.2 Å². The molecule has 0 radical (unpaired) electrons. The average Bonchev–Trinajstić information content (AvgIpc) is 3.46. The first kappa shape index (κ1) is 21.1. The lowest BCUT2D eigenvalue weighted by Crippen LogP contribution is -2.22. The second-order valence-corrected chi connectivity index (χ2v) is 8.92. The van der Waals surface area contributed by atoms with Gasteiger partial charge in [0.2, 0.25) is 0 Å². The SMILES string of the molecule is CCOC(=O)c1ccc(C#Cc2ccc(C3(OCC(C)(C)C)CC3)c(C)c2)cc1. The van der Waals surface area contributed by atoms with E-state index in [2.05, 4.69) is 57.7 Å². The first-order valence-corrected chi connectivity index (χ1v) is 10.3. The molecule has 0 amide bonds. The van der Waals surface area contributed by atoms with Gasteiger partial charge in [0.25, 0.3) is 0 Å². The standard InChI is InChI=1S/C26H30O3/c1-6-28-24(27)22-12-9-20(10-13-22)7-8-21-11-14-23(19(2)17-21)26(15-16-26)29-18-25(3,4)5/h9-14,17H,6,15-16,18H2,1-5H3. The molecule has 1 saturated carbocycles. The zero-order chi connectivity index (χ0) is 21.1.